The van der Waals surface area contributed by atoms with Gasteiger partial charge >= 0.3 is 5.97 Å². The quantitative estimate of drug-likeness (QED) is 0.372. The molecule has 1 aliphatic heterocycles. The molecule has 0 radical (unpaired) electrons. The lowest BCUT2D eigenvalue weighted by Crippen LogP contribution is -2.48. The van der Waals surface area contributed by atoms with Gasteiger partial charge in [-0.05, 0) is 61.8 Å². The molecule has 10 heteroatoms. The van der Waals surface area contributed by atoms with E-state index < -0.39 is 24.7 Å². The molecule has 1 saturated carbocycles. The number of fused-ring (bicyclic) bond motifs is 1. The van der Waals surface area contributed by atoms with E-state index in [9.17, 15) is 23.9 Å². The Morgan fingerprint density at radius 1 is 1.10 bits per heavy atom. The number of carboxylic acid groups (broad SMARTS) is 1. The number of rotatable bonds is 7. The first-order chi connectivity index (χ1) is 19.2. The molecule has 212 valence electrons. The van der Waals surface area contributed by atoms with Crippen molar-refractivity contribution in [2.45, 2.75) is 50.1 Å². The third-order valence-corrected chi connectivity index (χ3v) is 9.07. The van der Waals surface area contributed by atoms with Crippen molar-refractivity contribution in [2.75, 3.05) is 18.5 Å². The summed E-state index contributed by atoms with van der Waals surface area (Å²) >= 11 is 6.39. The van der Waals surface area contributed by atoms with Gasteiger partial charge < -0.3 is 25.6 Å². The fourth-order valence-electron chi connectivity index (χ4n) is 6.50. The Labute approximate surface area is 237 Å². The number of alkyl halides is 1. The van der Waals surface area contributed by atoms with Crippen molar-refractivity contribution in [1.29, 1.82) is 0 Å². The highest BCUT2D eigenvalue weighted by Gasteiger charge is 2.44. The molecule has 0 spiro atoms. The minimum atomic E-state index is -1.14. The number of carboxylic acids is 1. The fourth-order valence-corrected chi connectivity index (χ4v) is 6.86. The number of nitrogens with zero attached hydrogens (tertiary/aromatic N) is 2. The number of benzene rings is 2. The third-order valence-electron chi connectivity index (χ3n) is 8.69. The number of aromatic nitrogens is 1. The summed E-state index contributed by atoms with van der Waals surface area (Å²) in [7, 11) is 1.63. The number of nitrogens with two attached hydrogens (primary N) is 1. The van der Waals surface area contributed by atoms with Crippen LogP contribution in [0.3, 0.4) is 0 Å². The molecular formula is C30H34ClFN4O4. The molecule has 1 saturated heterocycles. The summed E-state index contributed by atoms with van der Waals surface area (Å²) in [5, 5.41) is 13.1. The summed E-state index contributed by atoms with van der Waals surface area (Å²) in [4.78, 5) is 41.1. The fraction of sp³-hybridized carbons (Fsp3) is 0.433. The molecule has 3 atom stereocenters. The van der Waals surface area contributed by atoms with Crippen molar-refractivity contribution in [3.63, 3.8) is 0 Å². The molecule has 40 heavy (non-hydrogen) atoms. The molecule has 2 fully saturated rings. The van der Waals surface area contributed by atoms with E-state index in [4.69, 9.17) is 17.3 Å². The predicted octanol–water partition coefficient (Wildman–Crippen LogP) is 4.96. The molecule has 1 unspecified atom stereocenters. The topological polar surface area (TPSA) is 118 Å². The Morgan fingerprint density at radius 3 is 2.45 bits per heavy atom. The summed E-state index contributed by atoms with van der Waals surface area (Å²) in [5.41, 5.74) is 7.97. The standard InChI is InChI=1S/C30H34ClFN4O4/c1-35-24-12-11-20(15-22(24)25(31)27(35)30(39)40)34-28(37)26-21(17-5-3-2-4-6-17)13-14-36(26)29(38)19-9-7-18(8-10-19)23(33)16-32/h2-6,11-12,15,18-19,21,23,26H,7-10,13-14,16,33H2,1H3,(H,34,37)(H,39,40)/t18?,19?,21-,23?,26+/m1/s1. The molecule has 3 aromatic rings. The van der Waals surface area contributed by atoms with Crippen LogP contribution in [0.5, 0.6) is 0 Å². The van der Waals surface area contributed by atoms with Gasteiger partial charge in [0.05, 0.1) is 10.5 Å². The van der Waals surface area contributed by atoms with Gasteiger partial charge in [0.2, 0.25) is 11.8 Å². The minimum absolute atomic E-state index is 0.0287. The smallest absolute Gasteiger partial charge is 0.354 e. The lowest BCUT2D eigenvalue weighted by Gasteiger charge is -2.35. The van der Waals surface area contributed by atoms with Crippen molar-refractivity contribution in [3.05, 3.63) is 64.8 Å². The lowest BCUT2D eigenvalue weighted by molar-refractivity contribution is -0.141. The Kier molecular flexibility index (Phi) is 8.14. The van der Waals surface area contributed by atoms with Gasteiger partial charge in [0, 0.05) is 42.5 Å². The molecule has 4 N–H and O–H groups in total. The molecule has 2 aromatic carbocycles. The highest BCUT2D eigenvalue weighted by molar-refractivity contribution is 6.38. The van der Waals surface area contributed by atoms with Gasteiger partial charge in [0.15, 0.2) is 0 Å². The third kappa shape index (κ3) is 5.20. The summed E-state index contributed by atoms with van der Waals surface area (Å²) in [6.07, 6.45) is 3.32. The van der Waals surface area contributed by atoms with Crippen molar-refractivity contribution < 1.29 is 23.9 Å². The van der Waals surface area contributed by atoms with Gasteiger partial charge in [-0.25, -0.2) is 9.18 Å². The second-order valence-electron chi connectivity index (χ2n) is 11.0. The number of carbonyl (C=O) groups excluding carboxylic acids is 2. The number of anilines is 1. The molecule has 2 heterocycles. The molecule has 1 aromatic heterocycles. The van der Waals surface area contributed by atoms with E-state index in [1.165, 1.54) is 4.57 Å². The second kappa shape index (κ2) is 11.6. The van der Waals surface area contributed by atoms with Crippen molar-refractivity contribution in [2.24, 2.45) is 24.6 Å². The minimum Gasteiger partial charge on any atom is -0.477 e. The zero-order valence-electron chi connectivity index (χ0n) is 22.4. The van der Waals surface area contributed by atoms with Gasteiger partial charge in [0.1, 0.15) is 18.4 Å². The van der Waals surface area contributed by atoms with Crippen LogP contribution < -0.4 is 11.1 Å². The number of amides is 2. The largest absolute Gasteiger partial charge is 0.477 e. The van der Waals surface area contributed by atoms with E-state index in [1.54, 1.807) is 30.1 Å². The molecule has 8 nitrogen and oxygen atoms in total. The molecule has 2 amide bonds. The van der Waals surface area contributed by atoms with E-state index in [1.807, 2.05) is 30.3 Å². The average molecular weight is 569 g/mol. The number of likely N-dealkylation sites (tertiary alicyclic amines) is 1. The van der Waals surface area contributed by atoms with E-state index in [2.05, 4.69) is 5.32 Å². The van der Waals surface area contributed by atoms with Gasteiger partial charge in [-0.1, -0.05) is 41.9 Å². The van der Waals surface area contributed by atoms with Crippen molar-refractivity contribution in [1.82, 2.24) is 9.47 Å². The van der Waals surface area contributed by atoms with Crippen LogP contribution in [0.2, 0.25) is 5.02 Å². The van der Waals surface area contributed by atoms with E-state index in [-0.39, 0.29) is 40.3 Å². The summed E-state index contributed by atoms with van der Waals surface area (Å²) < 4.78 is 14.6. The molecule has 1 aliphatic carbocycles. The summed E-state index contributed by atoms with van der Waals surface area (Å²) in [6, 6.07) is 13.6. The van der Waals surface area contributed by atoms with Gasteiger partial charge in [-0.3, -0.25) is 9.59 Å². The number of hydrogen-bond acceptors (Lipinski definition) is 4. The molecular weight excluding hydrogens is 535 g/mol. The first-order valence-corrected chi connectivity index (χ1v) is 14.1. The molecule has 0 bridgehead atoms. The maximum Gasteiger partial charge on any atom is 0.354 e. The first-order valence-electron chi connectivity index (χ1n) is 13.7. The van der Waals surface area contributed by atoms with Crippen LogP contribution in [0.25, 0.3) is 10.9 Å². The zero-order chi connectivity index (χ0) is 28.6. The van der Waals surface area contributed by atoms with Crippen LogP contribution in [-0.4, -0.2) is 57.7 Å². The van der Waals surface area contributed by atoms with Crippen molar-refractivity contribution >= 4 is 46.0 Å². The van der Waals surface area contributed by atoms with Gasteiger partial charge in [-0.2, -0.15) is 0 Å². The lowest BCUT2D eigenvalue weighted by atomic mass is 9.78. The Hall–Kier alpha value is -3.43. The number of aromatic carboxylic acids is 1. The number of aryl methyl sites for hydroxylation is 1. The highest BCUT2D eigenvalue weighted by Crippen LogP contribution is 2.39. The Morgan fingerprint density at radius 2 is 1.80 bits per heavy atom. The van der Waals surface area contributed by atoms with Crippen LogP contribution in [-0.2, 0) is 16.6 Å². The second-order valence-corrected chi connectivity index (χ2v) is 11.3. The Bertz CT molecular complexity index is 1420. The van der Waals surface area contributed by atoms with E-state index in [0.29, 0.717) is 55.2 Å². The maximum atomic E-state index is 13.9. The van der Waals surface area contributed by atoms with Crippen LogP contribution in [0, 0.1) is 11.8 Å². The molecule has 2 aliphatic rings. The number of hydrogen-bond donors (Lipinski definition) is 3. The summed E-state index contributed by atoms with van der Waals surface area (Å²) in [5.74, 6) is -1.81. The van der Waals surface area contributed by atoms with Gasteiger partial charge in [-0.15, -0.1) is 0 Å². The SMILES string of the molecule is Cn1c(C(=O)O)c(Cl)c2cc(NC(=O)[C@@H]3[C@@H](c4ccccc4)CCN3C(=O)C3CCC(C(N)CF)CC3)ccc21. The monoisotopic (exact) mass is 568 g/mol. The zero-order valence-corrected chi connectivity index (χ0v) is 23.1. The normalized spacial score (nSPS) is 23.8. The predicted molar refractivity (Wildman–Crippen MR) is 152 cm³/mol. The average Bonchev–Trinajstić information content (AvgIpc) is 3.52. The van der Waals surface area contributed by atoms with Crippen molar-refractivity contribution in [3.8, 4) is 0 Å². The highest BCUT2D eigenvalue weighted by atomic mass is 35.5. The van der Waals surface area contributed by atoms with Gasteiger partial charge in [0.25, 0.3) is 0 Å². The number of nitrogens with one attached hydrogen (secondary N) is 1. The van der Waals surface area contributed by atoms with Crippen LogP contribution in [0.15, 0.2) is 48.5 Å². The maximum absolute atomic E-state index is 13.9. The Balaban J connectivity index is 1.40. The first kappa shape index (κ1) is 28.1. The number of carbonyl (C=O) groups is 3. The van der Waals surface area contributed by atoms with Crippen LogP contribution in [0.1, 0.15) is 54.1 Å². The molecule has 5 rings (SSSR count). The van der Waals surface area contributed by atoms with E-state index in [0.717, 1.165) is 5.56 Å². The number of halogens is 2. The van der Waals surface area contributed by atoms with Crippen LogP contribution >= 0.6 is 11.6 Å². The summed E-state index contributed by atoms with van der Waals surface area (Å²) in [6.45, 7) is -0.0973. The van der Waals surface area contributed by atoms with E-state index >= 15 is 0 Å². The van der Waals surface area contributed by atoms with Crippen LogP contribution in [0.4, 0.5) is 10.1 Å².